The summed E-state index contributed by atoms with van der Waals surface area (Å²) in [6.07, 6.45) is 0. The summed E-state index contributed by atoms with van der Waals surface area (Å²) in [5.74, 6) is 0. The van der Waals surface area contributed by atoms with Gasteiger partial charge in [-0.15, -0.1) is 0 Å². The van der Waals surface area contributed by atoms with Crippen LogP contribution >= 0.6 is 0 Å². The Morgan fingerprint density at radius 1 is 1.24 bits per heavy atom. The third-order valence-electron chi connectivity index (χ3n) is 3.37. The molecule has 5 nitrogen and oxygen atoms in total. The molecule has 2 heterocycles. The number of piperazine rings is 1. The first-order valence-corrected chi connectivity index (χ1v) is 6.24. The van der Waals surface area contributed by atoms with Gasteiger partial charge in [-0.3, -0.25) is 14.5 Å². The van der Waals surface area contributed by atoms with E-state index >= 15 is 0 Å². The highest BCUT2D eigenvalue weighted by Crippen LogP contribution is 2.09. The minimum atomic E-state index is 0.265. The zero-order chi connectivity index (χ0) is 12.3. The van der Waals surface area contributed by atoms with E-state index in [4.69, 9.17) is 5.11 Å². The Labute approximate surface area is 103 Å². The van der Waals surface area contributed by atoms with Gasteiger partial charge in [-0.05, 0) is 13.0 Å². The predicted octanol–water partition coefficient (Wildman–Crippen LogP) is -0.162. The van der Waals surface area contributed by atoms with Gasteiger partial charge in [-0.25, -0.2) is 0 Å². The lowest BCUT2D eigenvalue weighted by Gasteiger charge is -2.34. The minimum absolute atomic E-state index is 0.265. The Kier molecular flexibility index (Phi) is 4.15. The van der Waals surface area contributed by atoms with Crippen LogP contribution < -0.4 is 0 Å². The molecule has 0 aliphatic carbocycles. The normalized spacial score (nSPS) is 18.8. The van der Waals surface area contributed by atoms with Crippen LogP contribution in [-0.4, -0.2) is 64.0 Å². The number of aliphatic hydroxyl groups is 1. The molecular formula is C12H22N4O. The SMILES string of the molecule is Cc1cc(CN2CCN(CCO)CC2)n(C)n1. The number of aromatic nitrogens is 2. The second kappa shape index (κ2) is 5.62. The second-order valence-electron chi connectivity index (χ2n) is 4.74. The molecule has 0 radical (unpaired) electrons. The lowest BCUT2D eigenvalue weighted by Crippen LogP contribution is -2.46. The van der Waals surface area contributed by atoms with Crippen molar-refractivity contribution in [3.63, 3.8) is 0 Å². The van der Waals surface area contributed by atoms with E-state index in [-0.39, 0.29) is 6.61 Å². The van der Waals surface area contributed by atoms with Gasteiger partial charge in [0.25, 0.3) is 0 Å². The van der Waals surface area contributed by atoms with Crippen molar-refractivity contribution in [2.24, 2.45) is 7.05 Å². The average molecular weight is 238 g/mol. The summed E-state index contributed by atoms with van der Waals surface area (Å²) < 4.78 is 1.97. The number of hydrogen-bond acceptors (Lipinski definition) is 4. The van der Waals surface area contributed by atoms with Crippen LogP contribution in [0.2, 0.25) is 0 Å². The van der Waals surface area contributed by atoms with Crippen LogP contribution in [0, 0.1) is 6.92 Å². The van der Waals surface area contributed by atoms with Crippen LogP contribution in [-0.2, 0) is 13.6 Å². The standard InChI is InChI=1S/C12H22N4O/c1-11-9-12(14(2)13-11)10-16-5-3-15(4-6-16)7-8-17/h9,17H,3-8,10H2,1-2H3. The van der Waals surface area contributed by atoms with E-state index in [9.17, 15) is 0 Å². The topological polar surface area (TPSA) is 44.5 Å². The summed E-state index contributed by atoms with van der Waals surface area (Å²) in [7, 11) is 2.00. The summed E-state index contributed by atoms with van der Waals surface area (Å²) in [4.78, 5) is 4.76. The molecule has 2 rings (SSSR count). The molecule has 1 aliphatic rings. The van der Waals surface area contributed by atoms with Gasteiger partial charge in [0.1, 0.15) is 0 Å². The molecule has 1 N–H and O–H groups in total. The molecule has 0 atom stereocenters. The lowest BCUT2D eigenvalue weighted by atomic mass is 10.3. The van der Waals surface area contributed by atoms with E-state index in [2.05, 4.69) is 21.0 Å². The van der Waals surface area contributed by atoms with Crippen molar-refractivity contribution in [1.82, 2.24) is 19.6 Å². The number of rotatable bonds is 4. The maximum Gasteiger partial charge on any atom is 0.0597 e. The third-order valence-corrected chi connectivity index (χ3v) is 3.37. The zero-order valence-electron chi connectivity index (χ0n) is 10.8. The maximum atomic E-state index is 8.89. The molecule has 17 heavy (non-hydrogen) atoms. The molecule has 5 heteroatoms. The highest BCUT2D eigenvalue weighted by atomic mass is 16.3. The van der Waals surface area contributed by atoms with Crippen molar-refractivity contribution in [3.05, 3.63) is 17.5 Å². The fraction of sp³-hybridized carbons (Fsp3) is 0.750. The number of β-amino-alcohol motifs (C(OH)–C–C–N with tert-alkyl or cyclic N) is 1. The van der Waals surface area contributed by atoms with E-state index in [1.165, 1.54) is 5.69 Å². The van der Waals surface area contributed by atoms with Crippen molar-refractivity contribution < 1.29 is 5.11 Å². The molecule has 0 unspecified atom stereocenters. The van der Waals surface area contributed by atoms with Gasteiger partial charge in [0.15, 0.2) is 0 Å². The summed E-state index contributed by atoms with van der Waals surface area (Å²) >= 11 is 0. The van der Waals surface area contributed by atoms with Crippen LogP contribution in [0.4, 0.5) is 0 Å². The van der Waals surface area contributed by atoms with Gasteiger partial charge in [0, 0.05) is 46.3 Å². The first-order valence-electron chi connectivity index (χ1n) is 6.24. The van der Waals surface area contributed by atoms with Crippen molar-refractivity contribution in [2.45, 2.75) is 13.5 Å². The van der Waals surface area contributed by atoms with Crippen molar-refractivity contribution >= 4 is 0 Å². The third kappa shape index (κ3) is 3.28. The number of aryl methyl sites for hydroxylation is 2. The highest BCUT2D eigenvalue weighted by molar-refractivity contribution is 5.08. The van der Waals surface area contributed by atoms with Crippen molar-refractivity contribution in [3.8, 4) is 0 Å². The van der Waals surface area contributed by atoms with Gasteiger partial charge >= 0.3 is 0 Å². The first kappa shape index (κ1) is 12.5. The molecule has 0 spiro atoms. The van der Waals surface area contributed by atoms with Gasteiger partial charge < -0.3 is 5.11 Å². The number of aliphatic hydroxyl groups excluding tert-OH is 1. The lowest BCUT2D eigenvalue weighted by molar-refractivity contribution is 0.107. The molecule has 0 amide bonds. The van der Waals surface area contributed by atoms with Crippen molar-refractivity contribution in [1.29, 1.82) is 0 Å². The fourth-order valence-electron chi connectivity index (χ4n) is 2.35. The van der Waals surface area contributed by atoms with Gasteiger partial charge in [-0.1, -0.05) is 0 Å². The van der Waals surface area contributed by atoms with Gasteiger partial charge in [0.2, 0.25) is 0 Å². The summed E-state index contributed by atoms with van der Waals surface area (Å²) in [5, 5.41) is 13.3. The summed E-state index contributed by atoms with van der Waals surface area (Å²) in [6, 6.07) is 2.15. The van der Waals surface area contributed by atoms with E-state index in [1.807, 2.05) is 18.7 Å². The molecule has 1 fully saturated rings. The smallest absolute Gasteiger partial charge is 0.0597 e. The molecule has 1 aliphatic heterocycles. The minimum Gasteiger partial charge on any atom is -0.395 e. The first-order chi connectivity index (χ1) is 8.19. The van der Waals surface area contributed by atoms with Gasteiger partial charge in [-0.2, -0.15) is 5.10 Å². The van der Waals surface area contributed by atoms with Crippen LogP contribution in [0.25, 0.3) is 0 Å². The fourth-order valence-corrected chi connectivity index (χ4v) is 2.35. The predicted molar refractivity (Wildman–Crippen MR) is 66.7 cm³/mol. The largest absolute Gasteiger partial charge is 0.395 e. The Morgan fingerprint density at radius 3 is 2.41 bits per heavy atom. The Bertz CT molecular complexity index is 355. The second-order valence-corrected chi connectivity index (χ2v) is 4.74. The molecule has 1 aromatic rings. The van der Waals surface area contributed by atoms with E-state index < -0.39 is 0 Å². The number of nitrogens with zero attached hydrogens (tertiary/aromatic N) is 4. The molecule has 96 valence electrons. The van der Waals surface area contributed by atoms with Crippen LogP contribution in [0.1, 0.15) is 11.4 Å². The quantitative estimate of drug-likeness (QED) is 0.791. The molecule has 0 aromatic carbocycles. The molecule has 1 saturated heterocycles. The van der Waals surface area contributed by atoms with Crippen LogP contribution in [0.3, 0.4) is 0 Å². The average Bonchev–Trinajstić information content (AvgIpc) is 2.61. The highest BCUT2D eigenvalue weighted by Gasteiger charge is 2.17. The maximum absolute atomic E-state index is 8.89. The van der Waals surface area contributed by atoms with E-state index in [0.29, 0.717) is 0 Å². The number of hydrogen-bond donors (Lipinski definition) is 1. The van der Waals surface area contributed by atoms with E-state index in [1.54, 1.807) is 0 Å². The summed E-state index contributed by atoms with van der Waals surface area (Å²) in [5.41, 5.74) is 2.36. The molecule has 0 bridgehead atoms. The molecular weight excluding hydrogens is 216 g/mol. The molecule has 1 aromatic heterocycles. The van der Waals surface area contributed by atoms with Crippen LogP contribution in [0.15, 0.2) is 6.07 Å². The Hall–Kier alpha value is -0.910. The van der Waals surface area contributed by atoms with E-state index in [0.717, 1.165) is 45.0 Å². The zero-order valence-corrected chi connectivity index (χ0v) is 10.8. The van der Waals surface area contributed by atoms with Crippen molar-refractivity contribution in [2.75, 3.05) is 39.3 Å². The van der Waals surface area contributed by atoms with Gasteiger partial charge in [0.05, 0.1) is 18.0 Å². The van der Waals surface area contributed by atoms with Crippen LogP contribution in [0.5, 0.6) is 0 Å². The molecule has 0 saturated carbocycles. The summed E-state index contributed by atoms with van der Waals surface area (Å²) in [6.45, 7) is 8.33. The monoisotopic (exact) mass is 238 g/mol. The Balaban J connectivity index is 1.84. The Morgan fingerprint density at radius 2 is 1.88 bits per heavy atom.